The molecule has 31 heavy (non-hydrogen) atoms. The zero-order chi connectivity index (χ0) is 20.8. The van der Waals surface area contributed by atoms with Crippen LogP contribution < -0.4 is 20.3 Å². The Kier molecular flexibility index (Phi) is 8.80. The molecule has 1 aliphatic carbocycles. The van der Waals surface area contributed by atoms with Crippen LogP contribution >= 0.6 is 24.0 Å². The van der Waals surface area contributed by atoms with Crippen molar-refractivity contribution in [2.24, 2.45) is 10.9 Å². The lowest BCUT2D eigenvalue weighted by Crippen LogP contribution is -2.48. The van der Waals surface area contributed by atoms with E-state index >= 15 is 0 Å². The minimum absolute atomic E-state index is 0. The highest BCUT2D eigenvalue weighted by Gasteiger charge is 2.23. The van der Waals surface area contributed by atoms with Gasteiger partial charge in [0.2, 0.25) is 0 Å². The van der Waals surface area contributed by atoms with Crippen LogP contribution in [0.2, 0.25) is 0 Å². The molecule has 2 aliphatic rings. The lowest BCUT2D eigenvalue weighted by atomic mass is 10.1. The molecule has 2 heterocycles. The topological polar surface area (TPSA) is 61.8 Å². The molecule has 1 aromatic carbocycles. The highest BCUT2D eigenvalue weighted by atomic mass is 127. The Bertz CT molecular complexity index is 845. The van der Waals surface area contributed by atoms with E-state index in [0.29, 0.717) is 12.6 Å². The molecular weight excluding hydrogens is 501 g/mol. The molecule has 2 fully saturated rings. The summed E-state index contributed by atoms with van der Waals surface area (Å²) in [5.41, 5.74) is 2.37. The smallest absolute Gasteiger partial charge is 0.191 e. The molecule has 2 aromatic rings. The van der Waals surface area contributed by atoms with Gasteiger partial charge in [-0.05, 0) is 56.2 Å². The van der Waals surface area contributed by atoms with Gasteiger partial charge in [0.15, 0.2) is 5.96 Å². The number of anilines is 1. The number of guanidine groups is 1. The predicted octanol–water partition coefficient (Wildman–Crippen LogP) is 4.13. The van der Waals surface area contributed by atoms with Gasteiger partial charge < -0.3 is 20.3 Å². The van der Waals surface area contributed by atoms with Gasteiger partial charge in [-0.15, -0.1) is 24.0 Å². The third-order valence-electron chi connectivity index (χ3n) is 5.87. The number of aliphatic imine (C=N–C) groups is 1. The van der Waals surface area contributed by atoms with Crippen LogP contribution in [0.25, 0.3) is 0 Å². The first-order chi connectivity index (χ1) is 14.7. The number of para-hydroxylation sites is 1. The number of halogens is 1. The molecule has 0 atom stereocenters. The Labute approximate surface area is 202 Å². The summed E-state index contributed by atoms with van der Waals surface area (Å²) in [5, 5.41) is 7.05. The van der Waals surface area contributed by atoms with Gasteiger partial charge >= 0.3 is 0 Å². The zero-order valence-corrected chi connectivity index (χ0v) is 20.8. The fourth-order valence-electron chi connectivity index (χ4n) is 3.75. The molecule has 1 saturated heterocycles. The fourth-order valence-corrected chi connectivity index (χ4v) is 3.75. The van der Waals surface area contributed by atoms with Crippen LogP contribution in [0.15, 0.2) is 47.6 Å². The molecule has 1 aromatic heterocycles. The number of ether oxygens (including phenoxy) is 1. The van der Waals surface area contributed by atoms with Crippen molar-refractivity contribution in [1.29, 1.82) is 0 Å². The first kappa shape index (κ1) is 23.6. The van der Waals surface area contributed by atoms with Crippen LogP contribution in [-0.2, 0) is 6.54 Å². The van der Waals surface area contributed by atoms with Crippen LogP contribution in [0.5, 0.6) is 5.75 Å². The van der Waals surface area contributed by atoms with Gasteiger partial charge in [0.1, 0.15) is 11.6 Å². The Morgan fingerprint density at radius 2 is 1.90 bits per heavy atom. The minimum atomic E-state index is 0. The van der Waals surface area contributed by atoms with Gasteiger partial charge in [-0.1, -0.05) is 24.3 Å². The third-order valence-corrected chi connectivity index (χ3v) is 5.87. The maximum absolute atomic E-state index is 6.03. The molecule has 168 valence electrons. The number of rotatable bonds is 7. The molecule has 2 N–H and O–H groups in total. The van der Waals surface area contributed by atoms with Crippen molar-refractivity contribution in [3.8, 4) is 5.75 Å². The van der Waals surface area contributed by atoms with E-state index in [1.165, 1.54) is 24.0 Å². The molecule has 1 saturated carbocycles. The van der Waals surface area contributed by atoms with Crippen LogP contribution in [-0.4, -0.2) is 43.7 Å². The van der Waals surface area contributed by atoms with Gasteiger partial charge in [0.05, 0.1) is 6.61 Å². The number of pyridine rings is 1. The van der Waals surface area contributed by atoms with Crippen LogP contribution in [0.1, 0.15) is 36.8 Å². The van der Waals surface area contributed by atoms with Crippen LogP contribution in [0.3, 0.4) is 0 Å². The standard InChI is InChI=1S/C24H33N5O.HI/c1-18-7-10-23(26-15-18)29-13-11-21(12-14-29)28-24(25-2)27-16-20-5-3-4-6-22(20)30-17-19-8-9-19;/h3-7,10,15,19,21H,8-9,11-14,16-17H2,1-2H3,(H2,25,27,28);1H. The number of nitrogens with zero attached hydrogens (tertiary/aromatic N) is 3. The summed E-state index contributed by atoms with van der Waals surface area (Å²) in [6.07, 6.45) is 6.68. The molecular formula is C24H34IN5O. The van der Waals surface area contributed by atoms with Gasteiger partial charge in [0, 0.05) is 44.5 Å². The highest BCUT2D eigenvalue weighted by molar-refractivity contribution is 14.0. The van der Waals surface area contributed by atoms with E-state index in [0.717, 1.165) is 56.0 Å². The zero-order valence-electron chi connectivity index (χ0n) is 18.5. The van der Waals surface area contributed by atoms with E-state index in [4.69, 9.17) is 4.74 Å². The summed E-state index contributed by atoms with van der Waals surface area (Å²) < 4.78 is 6.03. The maximum atomic E-state index is 6.03. The van der Waals surface area contributed by atoms with E-state index in [-0.39, 0.29) is 24.0 Å². The number of nitrogens with one attached hydrogen (secondary N) is 2. The molecule has 7 heteroatoms. The van der Waals surface area contributed by atoms with E-state index in [9.17, 15) is 0 Å². The number of piperidine rings is 1. The summed E-state index contributed by atoms with van der Waals surface area (Å²) in [6.45, 7) is 5.61. The molecule has 0 radical (unpaired) electrons. The quantitative estimate of drug-likeness (QED) is 0.317. The first-order valence-corrected chi connectivity index (χ1v) is 11.1. The molecule has 1 aliphatic heterocycles. The molecule has 6 nitrogen and oxygen atoms in total. The van der Waals surface area contributed by atoms with E-state index in [1.807, 2.05) is 19.3 Å². The molecule has 0 amide bonds. The summed E-state index contributed by atoms with van der Waals surface area (Å²) in [6, 6.07) is 12.9. The highest BCUT2D eigenvalue weighted by Crippen LogP contribution is 2.30. The van der Waals surface area contributed by atoms with Crippen molar-refractivity contribution >= 4 is 35.8 Å². The third kappa shape index (κ3) is 6.98. The van der Waals surface area contributed by atoms with Crippen molar-refractivity contribution in [2.45, 2.75) is 45.2 Å². The predicted molar refractivity (Wildman–Crippen MR) is 138 cm³/mol. The lowest BCUT2D eigenvalue weighted by Gasteiger charge is -2.33. The van der Waals surface area contributed by atoms with Crippen LogP contribution in [0, 0.1) is 12.8 Å². The summed E-state index contributed by atoms with van der Waals surface area (Å²) >= 11 is 0. The van der Waals surface area contributed by atoms with E-state index in [1.54, 1.807) is 0 Å². The van der Waals surface area contributed by atoms with Gasteiger partial charge in [-0.3, -0.25) is 4.99 Å². The first-order valence-electron chi connectivity index (χ1n) is 11.1. The average molecular weight is 535 g/mol. The monoisotopic (exact) mass is 535 g/mol. The number of hydrogen-bond donors (Lipinski definition) is 2. The summed E-state index contributed by atoms with van der Waals surface area (Å²) in [7, 11) is 1.83. The second-order valence-corrected chi connectivity index (χ2v) is 8.39. The van der Waals surface area contributed by atoms with Gasteiger partial charge in [-0.2, -0.15) is 0 Å². The SMILES string of the molecule is CN=C(NCc1ccccc1OCC1CC1)NC1CCN(c2ccc(C)cn2)CC1.I. The van der Waals surface area contributed by atoms with Gasteiger partial charge in [-0.25, -0.2) is 4.98 Å². The Balaban J connectivity index is 0.00000272. The largest absolute Gasteiger partial charge is 0.493 e. The number of aryl methyl sites for hydroxylation is 1. The molecule has 0 bridgehead atoms. The van der Waals surface area contributed by atoms with Crippen molar-refractivity contribution in [3.05, 3.63) is 53.7 Å². The number of benzene rings is 1. The summed E-state index contributed by atoms with van der Waals surface area (Å²) in [5.74, 6) is 3.65. The van der Waals surface area contributed by atoms with E-state index < -0.39 is 0 Å². The molecule has 0 unspecified atom stereocenters. The van der Waals surface area contributed by atoms with Crippen molar-refractivity contribution < 1.29 is 4.74 Å². The van der Waals surface area contributed by atoms with Crippen molar-refractivity contribution in [3.63, 3.8) is 0 Å². The number of hydrogen-bond acceptors (Lipinski definition) is 4. The van der Waals surface area contributed by atoms with Crippen molar-refractivity contribution in [1.82, 2.24) is 15.6 Å². The Hall–Kier alpha value is -2.03. The van der Waals surface area contributed by atoms with E-state index in [2.05, 4.69) is 62.8 Å². The fraction of sp³-hybridized carbons (Fsp3) is 0.500. The molecule has 4 rings (SSSR count). The van der Waals surface area contributed by atoms with Gasteiger partial charge in [0.25, 0.3) is 0 Å². The Morgan fingerprint density at radius 1 is 1.13 bits per heavy atom. The van der Waals surface area contributed by atoms with Crippen LogP contribution in [0.4, 0.5) is 5.82 Å². The molecule has 0 spiro atoms. The Morgan fingerprint density at radius 3 is 2.58 bits per heavy atom. The average Bonchev–Trinajstić information content (AvgIpc) is 3.61. The lowest BCUT2D eigenvalue weighted by molar-refractivity contribution is 0.296. The summed E-state index contributed by atoms with van der Waals surface area (Å²) in [4.78, 5) is 11.4. The maximum Gasteiger partial charge on any atom is 0.191 e. The second-order valence-electron chi connectivity index (χ2n) is 8.39. The minimum Gasteiger partial charge on any atom is -0.493 e. The van der Waals surface area contributed by atoms with Crippen molar-refractivity contribution in [2.75, 3.05) is 31.6 Å². The second kappa shape index (κ2) is 11.5. The number of aromatic nitrogens is 1. The normalized spacial score (nSPS) is 17.1.